The van der Waals surface area contributed by atoms with Gasteiger partial charge in [-0.25, -0.2) is 4.98 Å². The quantitative estimate of drug-likeness (QED) is 0.706. The van der Waals surface area contributed by atoms with Crippen LogP contribution in [0.15, 0.2) is 18.2 Å². The largest absolute Gasteiger partial charge is 0.370 e. The molecule has 0 fully saturated rings. The summed E-state index contributed by atoms with van der Waals surface area (Å²) in [5.74, 6) is -0.405. The summed E-state index contributed by atoms with van der Waals surface area (Å²) in [6.07, 6.45) is 0. The third kappa shape index (κ3) is 4.24. The van der Waals surface area contributed by atoms with E-state index in [0.29, 0.717) is 12.4 Å². The molecule has 1 heterocycles. The Morgan fingerprint density at radius 1 is 1.37 bits per heavy atom. The number of carbonyl (C=O) groups excluding carboxylic acids is 2. The van der Waals surface area contributed by atoms with Gasteiger partial charge in [-0.2, -0.15) is 0 Å². The standard InChI is InChI=1S/C13H20N4O2/c1-4-15-10-7-5-6-9(16-10)13(19)17-11(8(2)3)12(14)18/h5-8,11H,4H2,1-3H3,(H2,14,18)(H,15,16)(H,17,19). The summed E-state index contributed by atoms with van der Waals surface area (Å²) in [5, 5.41) is 5.62. The van der Waals surface area contributed by atoms with Crippen molar-refractivity contribution >= 4 is 17.6 Å². The lowest BCUT2D eigenvalue weighted by molar-refractivity contribution is -0.120. The summed E-state index contributed by atoms with van der Waals surface area (Å²) in [5.41, 5.74) is 5.51. The topological polar surface area (TPSA) is 97.1 Å². The van der Waals surface area contributed by atoms with Gasteiger partial charge in [0.15, 0.2) is 0 Å². The van der Waals surface area contributed by atoms with Gasteiger partial charge >= 0.3 is 0 Å². The van der Waals surface area contributed by atoms with Gasteiger partial charge in [0.1, 0.15) is 17.6 Å². The highest BCUT2D eigenvalue weighted by atomic mass is 16.2. The van der Waals surface area contributed by atoms with Crippen LogP contribution in [0.4, 0.5) is 5.82 Å². The predicted octanol–water partition coefficient (Wildman–Crippen LogP) is 0.753. The van der Waals surface area contributed by atoms with E-state index in [1.807, 2.05) is 20.8 Å². The van der Waals surface area contributed by atoms with E-state index in [2.05, 4.69) is 15.6 Å². The summed E-state index contributed by atoms with van der Waals surface area (Å²) in [6.45, 7) is 6.29. The first-order chi connectivity index (χ1) is 8.95. The summed E-state index contributed by atoms with van der Waals surface area (Å²) in [4.78, 5) is 27.4. The van der Waals surface area contributed by atoms with Crippen LogP contribution in [0.2, 0.25) is 0 Å². The van der Waals surface area contributed by atoms with E-state index in [4.69, 9.17) is 5.73 Å². The van der Waals surface area contributed by atoms with Crippen molar-refractivity contribution in [3.8, 4) is 0 Å². The second kappa shape index (κ2) is 6.72. The molecule has 0 bridgehead atoms. The number of primary amides is 1. The summed E-state index contributed by atoms with van der Waals surface area (Å²) < 4.78 is 0. The molecule has 19 heavy (non-hydrogen) atoms. The van der Waals surface area contributed by atoms with Crippen LogP contribution in [0.3, 0.4) is 0 Å². The van der Waals surface area contributed by atoms with Gasteiger partial charge in [-0.05, 0) is 25.0 Å². The van der Waals surface area contributed by atoms with E-state index in [9.17, 15) is 9.59 Å². The molecule has 104 valence electrons. The minimum absolute atomic E-state index is 0.0709. The Morgan fingerprint density at radius 2 is 2.05 bits per heavy atom. The Labute approximate surface area is 112 Å². The highest BCUT2D eigenvalue weighted by molar-refractivity contribution is 5.96. The number of rotatable bonds is 6. The Kier molecular flexibility index (Phi) is 5.29. The molecule has 1 atom stereocenters. The smallest absolute Gasteiger partial charge is 0.270 e. The molecule has 1 unspecified atom stereocenters. The van der Waals surface area contributed by atoms with Gasteiger partial charge in [-0.3, -0.25) is 9.59 Å². The molecule has 0 aliphatic carbocycles. The molecule has 2 amide bonds. The lowest BCUT2D eigenvalue weighted by Crippen LogP contribution is -2.47. The van der Waals surface area contributed by atoms with E-state index in [1.54, 1.807) is 18.2 Å². The van der Waals surface area contributed by atoms with Crippen molar-refractivity contribution in [3.63, 3.8) is 0 Å². The van der Waals surface area contributed by atoms with Gasteiger partial charge in [0.05, 0.1) is 0 Å². The van der Waals surface area contributed by atoms with Gasteiger partial charge in [-0.1, -0.05) is 19.9 Å². The second-order valence-electron chi connectivity index (χ2n) is 4.54. The van der Waals surface area contributed by atoms with Crippen LogP contribution in [0.5, 0.6) is 0 Å². The van der Waals surface area contributed by atoms with Crippen LogP contribution >= 0.6 is 0 Å². The zero-order chi connectivity index (χ0) is 14.4. The van der Waals surface area contributed by atoms with E-state index in [1.165, 1.54) is 0 Å². The lowest BCUT2D eigenvalue weighted by atomic mass is 10.0. The highest BCUT2D eigenvalue weighted by Crippen LogP contribution is 2.06. The van der Waals surface area contributed by atoms with Gasteiger partial charge in [0, 0.05) is 6.54 Å². The Bertz CT molecular complexity index is 460. The van der Waals surface area contributed by atoms with E-state index < -0.39 is 17.9 Å². The van der Waals surface area contributed by atoms with Crippen molar-refractivity contribution in [2.75, 3.05) is 11.9 Å². The van der Waals surface area contributed by atoms with Crippen molar-refractivity contribution in [2.45, 2.75) is 26.8 Å². The molecule has 1 aromatic heterocycles. The average molecular weight is 264 g/mol. The monoisotopic (exact) mass is 264 g/mol. The number of nitrogens with one attached hydrogen (secondary N) is 2. The Hall–Kier alpha value is -2.11. The number of aromatic nitrogens is 1. The molecule has 6 nitrogen and oxygen atoms in total. The maximum Gasteiger partial charge on any atom is 0.270 e. The van der Waals surface area contributed by atoms with Gasteiger partial charge in [0.25, 0.3) is 5.91 Å². The van der Waals surface area contributed by atoms with E-state index >= 15 is 0 Å². The Morgan fingerprint density at radius 3 is 2.58 bits per heavy atom. The molecule has 0 saturated heterocycles. The van der Waals surface area contributed by atoms with Crippen molar-refractivity contribution in [2.24, 2.45) is 11.7 Å². The van der Waals surface area contributed by atoms with Crippen molar-refractivity contribution in [1.82, 2.24) is 10.3 Å². The fourth-order valence-electron chi connectivity index (χ4n) is 1.62. The number of nitrogens with zero attached hydrogens (tertiary/aromatic N) is 1. The van der Waals surface area contributed by atoms with E-state index in [-0.39, 0.29) is 11.6 Å². The molecule has 0 radical (unpaired) electrons. The number of amides is 2. The number of pyridine rings is 1. The fraction of sp³-hybridized carbons (Fsp3) is 0.462. The molecule has 1 rings (SSSR count). The number of hydrogen-bond acceptors (Lipinski definition) is 4. The zero-order valence-electron chi connectivity index (χ0n) is 11.4. The first-order valence-corrected chi connectivity index (χ1v) is 6.26. The fourth-order valence-corrected chi connectivity index (χ4v) is 1.62. The zero-order valence-corrected chi connectivity index (χ0v) is 11.4. The first kappa shape index (κ1) is 14.9. The van der Waals surface area contributed by atoms with Gasteiger partial charge < -0.3 is 16.4 Å². The average Bonchev–Trinajstić information content (AvgIpc) is 2.35. The second-order valence-corrected chi connectivity index (χ2v) is 4.54. The summed E-state index contributed by atoms with van der Waals surface area (Å²) in [7, 11) is 0. The van der Waals surface area contributed by atoms with Crippen LogP contribution in [0.1, 0.15) is 31.3 Å². The van der Waals surface area contributed by atoms with Crippen molar-refractivity contribution < 1.29 is 9.59 Å². The van der Waals surface area contributed by atoms with Crippen LogP contribution in [0.25, 0.3) is 0 Å². The molecule has 0 aliphatic heterocycles. The van der Waals surface area contributed by atoms with Crippen LogP contribution in [-0.2, 0) is 4.79 Å². The first-order valence-electron chi connectivity index (χ1n) is 6.26. The summed E-state index contributed by atoms with van der Waals surface area (Å²) in [6, 6.07) is 4.40. The molecular formula is C13H20N4O2. The van der Waals surface area contributed by atoms with Gasteiger partial charge in [0.2, 0.25) is 5.91 Å². The maximum atomic E-state index is 12.0. The number of nitrogens with two attached hydrogens (primary N) is 1. The molecule has 0 aromatic carbocycles. The molecule has 4 N–H and O–H groups in total. The summed E-state index contributed by atoms with van der Waals surface area (Å²) >= 11 is 0. The molecular weight excluding hydrogens is 244 g/mol. The van der Waals surface area contributed by atoms with Crippen LogP contribution in [-0.4, -0.2) is 29.4 Å². The van der Waals surface area contributed by atoms with Gasteiger partial charge in [-0.15, -0.1) is 0 Å². The minimum atomic E-state index is -0.697. The van der Waals surface area contributed by atoms with E-state index in [0.717, 1.165) is 0 Å². The van der Waals surface area contributed by atoms with Crippen LogP contribution in [0, 0.1) is 5.92 Å². The van der Waals surface area contributed by atoms with Crippen molar-refractivity contribution in [3.05, 3.63) is 23.9 Å². The third-order valence-electron chi connectivity index (χ3n) is 2.60. The molecule has 0 spiro atoms. The third-order valence-corrected chi connectivity index (χ3v) is 2.60. The number of anilines is 1. The molecule has 6 heteroatoms. The molecule has 0 saturated carbocycles. The Balaban J connectivity index is 2.82. The number of carbonyl (C=O) groups is 2. The molecule has 0 aliphatic rings. The highest BCUT2D eigenvalue weighted by Gasteiger charge is 2.22. The SMILES string of the molecule is CCNc1cccc(C(=O)NC(C(N)=O)C(C)C)n1. The number of hydrogen-bond donors (Lipinski definition) is 3. The predicted molar refractivity (Wildman–Crippen MR) is 73.7 cm³/mol. The normalized spacial score (nSPS) is 12.0. The lowest BCUT2D eigenvalue weighted by Gasteiger charge is -2.18. The van der Waals surface area contributed by atoms with Crippen molar-refractivity contribution in [1.29, 1.82) is 0 Å². The van der Waals surface area contributed by atoms with Crippen LogP contribution < -0.4 is 16.4 Å². The molecule has 1 aromatic rings. The minimum Gasteiger partial charge on any atom is -0.370 e. The maximum absolute atomic E-state index is 12.0.